The monoisotopic (exact) mass is 288 g/mol. The molecular formula is C18H24O3. The van der Waals surface area contributed by atoms with E-state index in [1.54, 1.807) is 21.3 Å². The van der Waals surface area contributed by atoms with Crippen LogP contribution in [0.15, 0.2) is 24.0 Å². The van der Waals surface area contributed by atoms with E-state index in [1.165, 1.54) is 48.8 Å². The first-order valence-electron chi connectivity index (χ1n) is 7.79. The third-order valence-electron chi connectivity index (χ3n) is 4.81. The number of ether oxygens (including phenoxy) is 3. The Morgan fingerprint density at radius 2 is 1.71 bits per heavy atom. The first-order valence-corrected chi connectivity index (χ1v) is 7.79. The number of hydrogen-bond acceptors (Lipinski definition) is 3. The fourth-order valence-corrected chi connectivity index (χ4v) is 3.80. The number of hydrogen-bond donors (Lipinski definition) is 0. The Morgan fingerprint density at radius 3 is 2.33 bits per heavy atom. The quantitative estimate of drug-likeness (QED) is 0.825. The van der Waals surface area contributed by atoms with Crippen molar-refractivity contribution in [3.05, 3.63) is 35.1 Å². The van der Waals surface area contributed by atoms with Gasteiger partial charge in [0.05, 0.1) is 14.2 Å². The van der Waals surface area contributed by atoms with Gasteiger partial charge in [-0.3, -0.25) is 0 Å². The summed E-state index contributed by atoms with van der Waals surface area (Å²) in [5.41, 5.74) is 3.80. The summed E-state index contributed by atoms with van der Waals surface area (Å²) in [4.78, 5) is 0. The van der Waals surface area contributed by atoms with Crippen molar-refractivity contribution < 1.29 is 14.2 Å². The first kappa shape index (κ1) is 14.5. The van der Waals surface area contributed by atoms with Crippen molar-refractivity contribution in [2.45, 2.75) is 38.2 Å². The Kier molecular flexibility index (Phi) is 4.20. The highest BCUT2D eigenvalue weighted by Gasteiger charge is 2.36. The molecule has 0 saturated heterocycles. The average molecular weight is 288 g/mol. The van der Waals surface area contributed by atoms with Crippen molar-refractivity contribution in [2.75, 3.05) is 21.3 Å². The molecule has 1 fully saturated rings. The number of allylic oxidation sites excluding steroid dienone is 1. The van der Waals surface area contributed by atoms with E-state index in [4.69, 9.17) is 14.2 Å². The molecule has 1 atom stereocenters. The molecule has 2 aliphatic carbocycles. The molecule has 114 valence electrons. The predicted molar refractivity (Wildman–Crippen MR) is 83.2 cm³/mol. The van der Waals surface area contributed by atoms with E-state index in [2.05, 4.69) is 12.1 Å². The summed E-state index contributed by atoms with van der Waals surface area (Å²) in [7, 11) is 5.22. The van der Waals surface area contributed by atoms with E-state index in [0.29, 0.717) is 5.92 Å². The highest BCUT2D eigenvalue weighted by atomic mass is 16.5. The zero-order valence-corrected chi connectivity index (χ0v) is 13.1. The van der Waals surface area contributed by atoms with Crippen LogP contribution in [0.1, 0.15) is 49.3 Å². The second kappa shape index (κ2) is 6.10. The van der Waals surface area contributed by atoms with E-state index in [9.17, 15) is 0 Å². The molecule has 0 spiro atoms. The maximum atomic E-state index is 5.75. The van der Waals surface area contributed by atoms with Gasteiger partial charge in [0.1, 0.15) is 17.6 Å². The standard InChI is InChI=1S/C18H24O3/c1-19-13-9-10-14-15(11-13)16(12-7-5-4-6-8-12)18(21-3)17(14)20-2/h9-12,17H,4-8H2,1-3H3. The Labute approximate surface area is 126 Å². The van der Waals surface area contributed by atoms with E-state index in [-0.39, 0.29) is 6.10 Å². The molecule has 2 aliphatic rings. The molecule has 0 amide bonds. The van der Waals surface area contributed by atoms with Gasteiger partial charge in [-0.25, -0.2) is 0 Å². The summed E-state index contributed by atoms with van der Waals surface area (Å²) in [5.74, 6) is 2.47. The van der Waals surface area contributed by atoms with Gasteiger partial charge < -0.3 is 14.2 Å². The van der Waals surface area contributed by atoms with E-state index < -0.39 is 0 Å². The van der Waals surface area contributed by atoms with Gasteiger partial charge >= 0.3 is 0 Å². The highest BCUT2D eigenvalue weighted by Crippen LogP contribution is 2.49. The van der Waals surface area contributed by atoms with E-state index >= 15 is 0 Å². The van der Waals surface area contributed by atoms with Crippen LogP contribution in [-0.4, -0.2) is 21.3 Å². The molecule has 0 radical (unpaired) electrons. The molecule has 0 bridgehead atoms. The van der Waals surface area contributed by atoms with Crippen LogP contribution in [0, 0.1) is 5.92 Å². The van der Waals surface area contributed by atoms with E-state index in [1.807, 2.05) is 6.07 Å². The van der Waals surface area contributed by atoms with Crippen LogP contribution in [0.5, 0.6) is 5.75 Å². The van der Waals surface area contributed by atoms with Gasteiger partial charge in [-0.2, -0.15) is 0 Å². The van der Waals surface area contributed by atoms with Crippen LogP contribution in [0.4, 0.5) is 0 Å². The lowest BCUT2D eigenvalue weighted by Crippen LogP contribution is -2.10. The predicted octanol–water partition coefficient (Wildman–Crippen LogP) is 4.33. The summed E-state index contributed by atoms with van der Waals surface area (Å²) < 4.78 is 16.9. The molecule has 0 aromatic heterocycles. The van der Waals surface area contributed by atoms with Gasteiger partial charge in [0.2, 0.25) is 0 Å². The van der Waals surface area contributed by atoms with Crippen LogP contribution in [-0.2, 0) is 9.47 Å². The average Bonchev–Trinajstić information content (AvgIpc) is 2.87. The molecule has 3 nitrogen and oxygen atoms in total. The fourth-order valence-electron chi connectivity index (χ4n) is 3.80. The SMILES string of the molecule is COC1=C(C2CCCCC2)c2cc(OC)ccc2C1OC. The molecule has 0 aliphatic heterocycles. The van der Waals surface area contributed by atoms with Crippen molar-refractivity contribution in [3.63, 3.8) is 0 Å². The molecule has 0 N–H and O–H groups in total. The Bertz CT molecular complexity index is 541. The number of fused-ring (bicyclic) bond motifs is 1. The summed E-state index contributed by atoms with van der Waals surface area (Å²) in [6, 6.07) is 6.25. The van der Waals surface area contributed by atoms with Gasteiger partial charge in [-0.1, -0.05) is 25.3 Å². The summed E-state index contributed by atoms with van der Waals surface area (Å²) in [5, 5.41) is 0. The van der Waals surface area contributed by atoms with Crippen LogP contribution in [0.3, 0.4) is 0 Å². The minimum Gasteiger partial charge on any atom is -0.498 e. The normalized spacial score (nSPS) is 22.3. The third kappa shape index (κ3) is 2.44. The molecule has 1 saturated carbocycles. The first-order chi connectivity index (χ1) is 10.3. The smallest absolute Gasteiger partial charge is 0.140 e. The molecule has 1 aromatic rings. The van der Waals surface area contributed by atoms with Crippen LogP contribution >= 0.6 is 0 Å². The third-order valence-corrected chi connectivity index (χ3v) is 4.81. The van der Waals surface area contributed by atoms with Gasteiger partial charge in [-0.15, -0.1) is 0 Å². The molecule has 0 heterocycles. The Morgan fingerprint density at radius 1 is 0.952 bits per heavy atom. The summed E-state index contributed by atoms with van der Waals surface area (Å²) in [6.07, 6.45) is 6.38. The molecule has 3 rings (SSSR count). The van der Waals surface area contributed by atoms with Crippen molar-refractivity contribution in [3.8, 4) is 5.75 Å². The molecule has 21 heavy (non-hydrogen) atoms. The number of rotatable bonds is 4. The van der Waals surface area contributed by atoms with Crippen LogP contribution in [0.25, 0.3) is 5.57 Å². The zero-order valence-electron chi connectivity index (χ0n) is 13.1. The van der Waals surface area contributed by atoms with Gasteiger partial charge in [0, 0.05) is 12.7 Å². The zero-order chi connectivity index (χ0) is 14.8. The van der Waals surface area contributed by atoms with Crippen LogP contribution in [0.2, 0.25) is 0 Å². The van der Waals surface area contributed by atoms with Gasteiger partial charge in [-0.05, 0) is 42.0 Å². The maximum Gasteiger partial charge on any atom is 0.140 e. The molecule has 1 aromatic carbocycles. The summed E-state index contributed by atoms with van der Waals surface area (Å²) in [6.45, 7) is 0. The minimum absolute atomic E-state index is 0.0761. The minimum atomic E-state index is -0.0761. The van der Waals surface area contributed by atoms with Crippen molar-refractivity contribution >= 4 is 5.57 Å². The number of methoxy groups -OCH3 is 3. The second-order valence-corrected chi connectivity index (χ2v) is 5.89. The lowest BCUT2D eigenvalue weighted by Gasteiger charge is -2.24. The molecule has 1 unspecified atom stereocenters. The number of benzene rings is 1. The maximum absolute atomic E-state index is 5.75. The summed E-state index contributed by atoms with van der Waals surface area (Å²) >= 11 is 0. The second-order valence-electron chi connectivity index (χ2n) is 5.89. The lowest BCUT2D eigenvalue weighted by molar-refractivity contribution is 0.0827. The topological polar surface area (TPSA) is 27.7 Å². The van der Waals surface area contributed by atoms with Crippen molar-refractivity contribution in [1.82, 2.24) is 0 Å². The van der Waals surface area contributed by atoms with Gasteiger partial charge in [0.25, 0.3) is 0 Å². The van der Waals surface area contributed by atoms with Crippen molar-refractivity contribution in [1.29, 1.82) is 0 Å². The lowest BCUT2D eigenvalue weighted by atomic mass is 9.81. The molecular weight excluding hydrogens is 264 g/mol. The van der Waals surface area contributed by atoms with Gasteiger partial charge in [0.15, 0.2) is 0 Å². The highest BCUT2D eigenvalue weighted by molar-refractivity contribution is 5.78. The Balaban J connectivity index is 2.09. The fraction of sp³-hybridized carbons (Fsp3) is 0.556. The Hall–Kier alpha value is -1.48. The van der Waals surface area contributed by atoms with Crippen LogP contribution < -0.4 is 4.74 Å². The largest absolute Gasteiger partial charge is 0.498 e. The van der Waals surface area contributed by atoms with E-state index in [0.717, 1.165) is 11.5 Å². The molecule has 3 heteroatoms. The van der Waals surface area contributed by atoms with Crippen molar-refractivity contribution in [2.24, 2.45) is 5.92 Å².